The SMILES string of the molecule is FC(F)(F)c1ccc(N2CCC[C@H](C[C@@H]3CCCC[C@H]3Nc3cc(-c4cn[nH]c4)ccn3)C2)cc1. The van der Waals surface area contributed by atoms with Gasteiger partial charge >= 0.3 is 6.18 Å². The van der Waals surface area contributed by atoms with Crippen molar-refractivity contribution in [3.05, 3.63) is 60.6 Å². The van der Waals surface area contributed by atoms with Crippen LogP contribution in [0, 0.1) is 11.8 Å². The molecule has 2 N–H and O–H groups in total. The molecule has 5 rings (SSSR count). The van der Waals surface area contributed by atoms with Crippen LogP contribution in [0.5, 0.6) is 0 Å². The van der Waals surface area contributed by atoms with E-state index in [1.54, 1.807) is 12.1 Å². The largest absolute Gasteiger partial charge is 0.416 e. The molecule has 2 aromatic heterocycles. The number of piperidine rings is 1. The van der Waals surface area contributed by atoms with Crippen LogP contribution in [-0.2, 0) is 6.18 Å². The average Bonchev–Trinajstić information content (AvgIpc) is 3.41. The smallest absolute Gasteiger partial charge is 0.371 e. The van der Waals surface area contributed by atoms with Crippen LogP contribution >= 0.6 is 0 Å². The number of halogens is 3. The van der Waals surface area contributed by atoms with Gasteiger partial charge in [-0.3, -0.25) is 5.10 Å². The molecule has 3 aromatic rings. The number of nitrogens with one attached hydrogen (secondary N) is 2. The molecule has 186 valence electrons. The van der Waals surface area contributed by atoms with Crippen molar-refractivity contribution in [1.82, 2.24) is 15.2 Å². The predicted molar refractivity (Wildman–Crippen MR) is 132 cm³/mol. The molecular weight excluding hydrogens is 451 g/mol. The molecular formula is C27H32F3N5. The summed E-state index contributed by atoms with van der Waals surface area (Å²) >= 11 is 0. The van der Waals surface area contributed by atoms with Crippen LogP contribution in [0.2, 0.25) is 0 Å². The van der Waals surface area contributed by atoms with Crippen LogP contribution in [0.15, 0.2) is 55.0 Å². The van der Waals surface area contributed by atoms with E-state index in [1.165, 1.54) is 37.8 Å². The Bertz CT molecular complexity index is 1080. The van der Waals surface area contributed by atoms with Gasteiger partial charge in [0.2, 0.25) is 0 Å². The highest BCUT2D eigenvalue weighted by Gasteiger charge is 2.32. The maximum atomic E-state index is 12.9. The van der Waals surface area contributed by atoms with Gasteiger partial charge in [0.15, 0.2) is 0 Å². The van der Waals surface area contributed by atoms with E-state index in [0.717, 1.165) is 55.0 Å². The first kappa shape index (κ1) is 23.7. The lowest BCUT2D eigenvalue weighted by molar-refractivity contribution is -0.137. The minimum atomic E-state index is -4.29. The summed E-state index contributed by atoms with van der Waals surface area (Å²) in [5.74, 6) is 2.01. The van der Waals surface area contributed by atoms with Crippen LogP contribution in [0.4, 0.5) is 24.7 Å². The summed E-state index contributed by atoms with van der Waals surface area (Å²) in [6.07, 6.45) is 9.44. The number of aromatic nitrogens is 3. The average molecular weight is 484 g/mol. The van der Waals surface area contributed by atoms with E-state index in [2.05, 4.69) is 31.5 Å². The van der Waals surface area contributed by atoms with Crippen LogP contribution in [0.25, 0.3) is 11.1 Å². The number of H-pyrrole nitrogens is 1. The molecule has 0 radical (unpaired) electrons. The predicted octanol–water partition coefficient (Wildman–Crippen LogP) is 6.77. The summed E-state index contributed by atoms with van der Waals surface area (Å²) in [5.41, 5.74) is 2.43. The Kier molecular flexibility index (Phi) is 6.97. The molecule has 0 amide bonds. The fourth-order valence-electron chi connectivity index (χ4n) is 5.75. The molecule has 1 aliphatic heterocycles. The second-order valence-electron chi connectivity index (χ2n) is 9.95. The first-order valence-corrected chi connectivity index (χ1v) is 12.6. The Morgan fingerprint density at radius 3 is 2.60 bits per heavy atom. The van der Waals surface area contributed by atoms with Crippen molar-refractivity contribution in [3.8, 4) is 11.1 Å². The monoisotopic (exact) mass is 483 g/mol. The van der Waals surface area contributed by atoms with Crippen molar-refractivity contribution in [2.45, 2.75) is 57.2 Å². The molecule has 2 fully saturated rings. The van der Waals surface area contributed by atoms with E-state index in [4.69, 9.17) is 0 Å². The summed E-state index contributed by atoms with van der Waals surface area (Å²) in [4.78, 5) is 6.83. The summed E-state index contributed by atoms with van der Waals surface area (Å²) in [6, 6.07) is 10.1. The second kappa shape index (κ2) is 10.3. The standard InChI is InChI=1S/C27H32F3N5/c28-27(29,30)23-7-9-24(10-8-23)35-13-3-4-19(18-35)14-21-5-1-2-6-25(21)34-26-15-20(11-12-31-26)22-16-32-33-17-22/h7-12,15-17,19,21,25H,1-6,13-14,18H2,(H,31,34)(H,32,33)/t19-,21+,25-/m1/s1. The molecule has 1 saturated carbocycles. The first-order valence-electron chi connectivity index (χ1n) is 12.6. The third kappa shape index (κ3) is 5.80. The first-order chi connectivity index (χ1) is 17.0. The minimum Gasteiger partial charge on any atom is -0.371 e. The molecule has 5 nitrogen and oxygen atoms in total. The second-order valence-corrected chi connectivity index (χ2v) is 9.95. The highest BCUT2D eigenvalue weighted by atomic mass is 19.4. The van der Waals surface area contributed by atoms with Crippen LogP contribution in [0.3, 0.4) is 0 Å². The number of aromatic amines is 1. The van der Waals surface area contributed by atoms with Gasteiger partial charge in [-0.25, -0.2) is 4.98 Å². The number of alkyl halides is 3. The van der Waals surface area contributed by atoms with E-state index in [1.807, 2.05) is 24.7 Å². The molecule has 0 unspecified atom stereocenters. The van der Waals surface area contributed by atoms with E-state index in [9.17, 15) is 13.2 Å². The zero-order valence-corrected chi connectivity index (χ0v) is 19.8. The lowest BCUT2D eigenvalue weighted by Crippen LogP contribution is -2.39. The van der Waals surface area contributed by atoms with Crippen LogP contribution in [-0.4, -0.2) is 34.3 Å². The number of nitrogens with zero attached hydrogens (tertiary/aromatic N) is 3. The number of anilines is 2. The van der Waals surface area contributed by atoms with Crippen molar-refractivity contribution in [1.29, 1.82) is 0 Å². The highest BCUT2D eigenvalue weighted by molar-refractivity contribution is 5.64. The van der Waals surface area contributed by atoms with E-state index in [-0.39, 0.29) is 0 Å². The fraction of sp³-hybridized carbons (Fsp3) is 0.481. The van der Waals surface area contributed by atoms with Crippen molar-refractivity contribution in [3.63, 3.8) is 0 Å². The molecule has 35 heavy (non-hydrogen) atoms. The maximum Gasteiger partial charge on any atom is 0.416 e. The molecule has 2 aliphatic rings. The van der Waals surface area contributed by atoms with Gasteiger partial charge in [-0.05, 0) is 85.9 Å². The van der Waals surface area contributed by atoms with Crippen LogP contribution < -0.4 is 10.2 Å². The Hall–Kier alpha value is -3.03. The van der Waals surface area contributed by atoms with Crippen molar-refractivity contribution in [2.24, 2.45) is 11.8 Å². The zero-order chi connectivity index (χ0) is 24.3. The van der Waals surface area contributed by atoms with Gasteiger partial charge < -0.3 is 10.2 Å². The molecule has 3 atom stereocenters. The summed E-state index contributed by atoms with van der Waals surface area (Å²) in [7, 11) is 0. The highest BCUT2D eigenvalue weighted by Crippen LogP contribution is 2.36. The van der Waals surface area contributed by atoms with Crippen LogP contribution in [0.1, 0.15) is 50.5 Å². The Morgan fingerprint density at radius 1 is 1.00 bits per heavy atom. The number of pyridine rings is 1. The number of hydrogen-bond donors (Lipinski definition) is 2. The third-order valence-electron chi connectivity index (χ3n) is 7.55. The lowest BCUT2D eigenvalue weighted by Gasteiger charge is -2.39. The number of rotatable bonds is 6. The summed E-state index contributed by atoms with van der Waals surface area (Å²) < 4.78 is 38.8. The van der Waals surface area contributed by atoms with Crippen molar-refractivity contribution < 1.29 is 13.2 Å². The minimum absolute atomic E-state index is 0.386. The van der Waals surface area contributed by atoms with E-state index >= 15 is 0 Å². The van der Waals surface area contributed by atoms with Gasteiger partial charge in [0.25, 0.3) is 0 Å². The Balaban J connectivity index is 1.22. The van der Waals surface area contributed by atoms with Gasteiger partial charge in [-0.15, -0.1) is 0 Å². The van der Waals surface area contributed by atoms with Gasteiger partial charge in [0.1, 0.15) is 5.82 Å². The summed E-state index contributed by atoms with van der Waals surface area (Å²) in [6.45, 7) is 1.81. The molecule has 0 bridgehead atoms. The number of hydrogen-bond acceptors (Lipinski definition) is 4. The molecule has 8 heteroatoms. The van der Waals surface area contributed by atoms with Gasteiger partial charge in [0, 0.05) is 42.8 Å². The van der Waals surface area contributed by atoms with Crippen molar-refractivity contribution in [2.75, 3.05) is 23.3 Å². The van der Waals surface area contributed by atoms with E-state index in [0.29, 0.717) is 17.9 Å². The topological polar surface area (TPSA) is 56.8 Å². The quantitative estimate of drug-likeness (QED) is 0.406. The zero-order valence-electron chi connectivity index (χ0n) is 19.8. The normalized spacial score (nSPS) is 23.3. The molecule has 1 aliphatic carbocycles. The Labute approximate surface area is 204 Å². The van der Waals surface area contributed by atoms with Gasteiger partial charge in [-0.2, -0.15) is 18.3 Å². The maximum absolute atomic E-state index is 12.9. The molecule has 3 heterocycles. The number of benzene rings is 1. The third-order valence-corrected chi connectivity index (χ3v) is 7.55. The van der Waals surface area contributed by atoms with Crippen molar-refractivity contribution >= 4 is 11.5 Å². The lowest BCUT2D eigenvalue weighted by atomic mass is 9.77. The Morgan fingerprint density at radius 2 is 1.83 bits per heavy atom. The fourth-order valence-corrected chi connectivity index (χ4v) is 5.75. The molecule has 1 aromatic carbocycles. The van der Waals surface area contributed by atoms with E-state index < -0.39 is 11.7 Å². The summed E-state index contributed by atoms with van der Waals surface area (Å²) in [5, 5.41) is 10.6. The molecule has 1 saturated heterocycles. The molecule has 0 spiro atoms. The van der Waals surface area contributed by atoms with Gasteiger partial charge in [0.05, 0.1) is 11.8 Å². The van der Waals surface area contributed by atoms with Gasteiger partial charge in [-0.1, -0.05) is 12.8 Å².